The Morgan fingerprint density at radius 3 is 2.50 bits per heavy atom. The van der Waals surface area contributed by atoms with Crippen LogP contribution in [0.2, 0.25) is 5.02 Å². The molecule has 1 aromatic carbocycles. The highest BCUT2D eigenvalue weighted by molar-refractivity contribution is 6.35. The highest BCUT2D eigenvalue weighted by atomic mass is 35.5. The van der Waals surface area contributed by atoms with Crippen LogP contribution in [0.15, 0.2) is 12.1 Å². The highest BCUT2D eigenvalue weighted by Gasteiger charge is 2.22. The van der Waals surface area contributed by atoms with E-state index in [1.807, 2.05) is 13.8 Å². The number of alkyl halides is 2. The van der Waals surface area contributed by atoms with Crippen LogP contribution in [0.5, 0.6) is 0 Å². The van der Waals surface area contributed by atoms with Gasteiger partial charge < -0.3 is 11.1 Å². The van der Waals surface area contributed by atoms with Crippen LogP contribution in [-0.2, 0) is 0 Å². The van der Waals surface area contributed by atoms with Crippen LogP contribution >= 0.6 is 11.6 Å². The van der Waals surface area contributed by atoms with Crippen molar-refractivity contribution in [1.29, 1.82) is 5.41 Å². The molecule has 0 unspecified atom stereocenters. The third-order valence-electron chi connectivity index (χ3n) is 2.03. The molecule has 0 aliphatic rings. The number of rotatable bonds is 5. The van der Waals surface area contributed by atoms with Crippen LogP contribution in [0, 0.1) is 15.5 Å². The molecule has 0 saturated heterocycles. The van der Waals surface area contributed by atoms with E-state index >= 15 is 0 Å². The Morgan fingerprint density at radius 1 is 1.55 bits per heavy atom. The van der Waals surface area contributed by atoms with Gasteiger partial charge in [0.1, 0.15) is 11.5 Å². The zero-order valence-electron chi connectivity index (χ0n) is 10.9. The number of hydrogen-bond acceptors (Lipinski definition) is 4. The van der Waals surface area contributed by atoms with Crippen molar-refractivity contribution in [3.8, 4) is 0 Å². The average molecular weight is 309 g/mol. The van der Waals surface area contributed by atoms with E-state index in [0.717, 1.165) is 6.07 Å². The Bertz CT molecular complexity index is 498. The lowest BCUT2D eigenvalue weighted by Gasteiger charge is -2.12. The van der Waals surface area contributed by atoms with Gasteiger partial charge in [-0.05, 0) is 6.07 Å². The second kappa shape index (κ2) is 8.26. The number of hydrogen-bond donors (Lipinski definition) is 3. The summed E-state index contributed by atoms with van der Waals surface area (Å²) in [6.07, 6.45) is -2.71. The molecule has 0 aliphatic heterocycles. The molecular formula is C11H15ClF2N4O2. The molecule has 0 radical (unpaired) electrons. The first-order valence-corrected chi connectivity index (χ1v) is 6.05. The van der Waals surface area contributed by atoms with Crippen LogP contribution in [0.25, 0.3) is 0 Å². The van der Waals surface area contributed by atoms with E-state index in [0.29, 0.717) is 0 Å². The predicted molar refractivity (Wildman–Crippen MR) is 75.0 cm³/mol. The van der Waals surface area contributed by atoms with Gasteiger partial charge in [0.05, 0.1) is 22.1 Å². The minimum absolute atomic E-state index is 0.0233. The normalized spacial score (nSPS) is 9.70. The van der Waals surface area contributed by atoms with Crippen molar-refractivity contribution >= 4 is 28.8 Å². The topological polar surface area (TPSA) is 105 Å². The van der Waals surface area contributed by atoms with E-state index in [-0.39, 0.29) is 16.3 Å². The number of nitrogens with two attached hydrogens (primary N) is 1. The van der Waals surface area contributed by atoms with Crippen molar-refractivity contribution in [3.63, 3.8) is 0 Å². The third-order valence-corrected chi connectivity index (χ3v) is 2.35. The molecule has 0 fully saturated rings. The van der Waals surface area contributed by atoms with E-state index in [9.17, 15) is 18.9 Å². The van der Waals surface area contributed by atoms with Crippen molar-refractivity contribution in [3.05, 3.63) is 32.8 Å². The summed E-state index contributed by atoms with van der Waals surface area (Å²) in [7, 11) is 0. The first kappa shape index (κ1) is 18.0. The average Bonchev–Trinajstić information content (AvgIpc) is 2.37. The lowest BCUT2D eigenvalue weighted by molar-refractivity contribution is -0.384. The molecular weight excluding hydrogens is 294 g/mol. The third kappa shape index (κ3) is 4.61. The van der Waals surface area contributed by atoms with E-state index in [4.69, 9.17) is 22.7 Å². The van der Waals surface area contributed by atoms with Crippen molar-refractivity contribution in [2.24, 2.45) is 5.73 Å². The lowest BCUT2D eigenvalue weighted by Crippen LogP contribution is -2.19. The molecule has 6 nitrogen and oxygen atoms in total. The van der Waals surface area contributed by atoms with Crippen molar-refractivity contribution in [2.45, 2.75) is 20.3 Å². The molecule has 9 heteroatoms. The van der Waals surface area contributed by atoms with Gasteiger partial charge in [-0.2, -0.15) is 0 Å². The number of nitrogens with one attached hydrogen (secondary N) is 2. The van der Waals surface area contributed by atoms with Crippen molar-refractivity contribution in [1.82, 2.24) is 0 Å². The molecule has 0 aliphatic carbocycles. The van der Waals surface area contributed by atoms with E-state index < -0.39 is 29.4 Å². The van der Waals surface area contributed by atoms with Crippen molar-refractivity contribution in [2.75, 3.05) is 11.9 Å². The first-order chi connectivity index (χ1) is 9.34. The molecule has 0 spiro atoms. The van der Waals surface area contributed by atoms with Crippen LogP contribution in [0.4, 0.5) is 20.2 Å². The van der Waals surface area contributed by atoms with Gasteiger partial charge in [0.15, 0.2) is 0 Å². The maximum absolute atomic E-state index is 12.1. The van der Waals surface area contributed by atoms with Crippen LogP contribution < -0.4 is 11.1 Å². The molecule has 0 saturated carbocycles. The quantitative estimate of drug-likeness (QED) is 0.336. The molecule has 4 N–H and O–H groups in total. The Balaban J connectivity index is 0.00000172. The number of nitrogen functional groups attached to an aromatic ring is 1. The van der Waals surface area contributed by atoms with Gasteiger partial charge in [-0.1, -0.05) is 25.4 Å². The fourth-order valence-electron chi connectivity index (χ4n) is 1.34. The molecule has 0 amide bonds. The number of anilines is 1. The van der Waals surface area contributed by atoms with Crippen LogP contribution in [0.1, 0.15) is 19.4 Å². The van der Waals surface area contributed by atoms with E-state index in [1.54, 1.807) is 0 Å². The molecule has 1 aromatic rings. The summed E-state index contributed by atoms with van der Waals surface area (Å²) < 4.78 is 24.3. The fourth-order valence-corrected chi connectivity index (χ4v) is 1.60. The van der Waals surface area contributed by atoms with Gasteiger partial charge in [0.25, 0.3) is 12.1 Å². The van der Waals surface area contributed by atoms with Gasteiger partial charge in [0, 0.05) is 6.07 Å². The van der Waals surface area contributed by atoms with E-state index in [1.165, 1.54) is 6.07 Å². The minimum Gasteiger partial charge on any atom is -0.384 e. The van der Waals surface area contributed by atoms with Gasteiger partial charge in [-0.25, -0.2) is 8.78 Å². The second-order valence-electron chi connectivity index (χ2n) is 3.26. The Morgan fingerprint density at radius 2 is 2.10 bits per heavy atom. The zero-order valence-corrected chi connectivity index (χ0v) is 11.7. The Kier molecular flexibility index (Phi) is 7.45. The van der Waals surface area contributed by atoms with Crippen LogP contribution in [-0.4, -0.2) is 23.7 Å². The summed E-state index contributed by atoms with van der Waals surface area (Å²) in [5.41, 5.74) is 4.33. The number of nitrogens with zero attached hydrogens (tertiary/aromatic N) is 1. The predicted octanol–water partition coefficient (Wildman–Crippen LogP) is 3.24. The van der Waals surface area contributed by atoms with Gasteiger partial charge in [-0.3, -0.25) is 15.5 Å². The monoisotopic (exact) mass is 308 g/mol. The molecule has 0 heterocycles. The molecule has 20 heavy (non-hydrogen) atoms. The molecule has 1 rings (SSSR count). The van der Waals surface area contributed by atoms with Gasteiger partial charge in [-0.15, -0.1) is 0 Å². The Hall–Kier alpha value is -1.96. The van der Waals surface area contributed by atoms with Gasteiger partial charge >= 0.3 is 0 Å². The van der Waals surface area contributed by atoms with Gasteiger partial charge in [0.2, 0.25) is 0 Å². The molecule has 0 aromatic heterocycles. The number of nitro groups is 1. The number of nitro benzene ring substituents is 1. The second-order valence-corrected chi connectivity index (χ2v) is 3.67. The fraction of sp³-hybridized carbons (Fsp3) is 0.364. The number of amidine groups is 1. The summed E-state index contributed by atoms with van der Waals surface area (Å²) in [4.78, 5) is 10.0. The Labute approximate surface area is 119 Å². The first-order valence-electron chi connectivity index (χ1n) is 5.68. The summed E-state index contributed by atoms with van der Waals surface area (Å²) in [5, 5.41) is 20.2. The smallest absolute Gasteiger partial charge is 0.293 e. The largest absolute Gasteiger partial charge is 0.384 e. The summed E-state index contributed by atoms with van der Waals surface area (Å²) >= 11 is 5.75. The summed E-state index contributed by atoms with van der Waals surface area (Å²) in [5.74, 6) is -0.541. The standard InChI is InChI=1S/C9H9ClF2N4O2.C2H6/c10-4-1-2-5(16(17)18)8(7(4)9(13)14)15-3-6(11)12;1-2/h1-2,6,15H,3H2,(H3,13,14);1-2H3. The summed E-state index contributed by atoms with van der Waals surface area (Å²) in [6.45, 7) is 3.20. The van der Waals surface area contributed by atoms with Crippen LogP contribution in [0.3, 0.4) is 0 Å². The lowest BCUT2D eigenvalue weighted by atomic mass is 10.1. The van der Waals surface area contributed by atoms with Crippen molar-refractivity contribution < 1.29 is 13.7 Å². The summed E-state index contributed by atoms with van der Waals surface area (Å²) in [6, 6.07) is 2.24. The highest BCUT2D eigenvalue weighted by Crippen LogP contribution is 2.33. The molecule has 0 bridgehead atoms. The molecule has 112 valence electrons. The SMILES string of the molecule is CC.N=C(N)c1c(Cl)ccc([N+](=O)[O-])c1NCC(F)F. The molecule has 0 atom stereocenters. The number of benzene rings is 1. The minimum atomic E-state index is -2.71. The maximum Gasteiger partial charge on any atom is 0.293 e. The zero-order chi connectivity index (χ0) is 15.9. The maximum atomic E-state index is 12.1. The van der Waals surface area contributed by atoms with E-state index in [2.05, 4.69) is 5.32 Å². The number of halogens is 3.